The number of amides is 4. The molecule has 4 amide bonds. The van der Waals surface area contributed by atoms with Gasteiger partial charge < -0.3 is 19.3 Å². The zero-order chi connectivity index (χ0) is 23.7. The molecule has 0 aliphatic carbocycles. The van der Waals surface area contributed by atoms with E-state index in [4.69, 9.17) is 9.47 Å². The van der Waals surface area contributed by atoms with Crippen molar-refractivity contribution in [2.45, 2.75) is 63.6 Å². The molecular formula is C25H31N3O6. The van der Waals surface area contributed by atoms with Crippen LogP contribution in [0.5, 0.6) is 5.75 Å². The van der Waals surface area contributed by atoms with Crippen molar-refractivity contribution in [3.8, 4) is 5.75 Å². The van der Waals surface area contributed by atoms with E-state index in [1.807, 2.05) is 11.0 Å². The maximum absolute atomic E-state index is 13.1. The number of imide groups is 1. The number of fused-ring (bicyclic) bond motifs is 1. The summed E-state index contributed by atoms with van der Waals surface area (Å²) in [6.45, 7) is 2.71. The van der Waals surface area contributed by atoms with Crippen LogP contribution >= 0.6 is 0 Å². The van der Waals surface area contributed by atoms with Crippen molar-refractivity contribution in [2.75, 3.05) is 26.4 Å². The van der Waals surface area contributed by atoms with Crippen molar-refractivity contribution in [1.29, 1.82) is 0 Å². The van der Waals surface area contributed by atoms with Gasteiger partial charge in [0.2, 0.25) is 17.7 Å². The van der Waals surface area contributed by atoms with Gasteiger partial charge in [-0.1, -0.05) is 0 Å². The second kappa shape index (κ2) is 9.74. The average Bonchev–Trinajstić information content (AvgIpc) is 3.18. The van der Waals surface area contributed by atoms with Crippen molar-refractivity contribution < 1.29 is 28.7 Å². The highest BCUT2D eigenvalue weighted by Gasteiger charge is 2.39. The molecule has 4 aliphatic heterocycles. The van der Waals surface area contributed by atoms with Gasteiger partial charge in [0.1, 0.15) is 18.4 Å². The quantitative estimate of drug-likeness (QED) is 0.658. The first-order chi connectivity index (χ1) is 16.5. The predicted octanol–water partition coefficient (Wildman–Crippen LogP) is 1.63. The standard InChI is InChI=1S/C25H31N3O6/c29-22-9-8-21(23(30)26-22)28-13-17-12-19(6-7-20(17)25(28)32)34-15-18-5-1-2-10-27(18)24(31)16-4-3-11-33-14-16/h6-7,12,16,18,21H,1-5,8-11,13-15H2,(H,26,29,30)/t16?,18-,21?/m1/s1. The fourth-order valence-electron chi connectivity index (χ4n) is 5.47. The minimum Gasteiger partial charge on any atom is -0.491 e. The largest absolute Gasteiger partial charge is 0.491 e. The minimum absolute atomic E-state index is 0.0260. The van der Waals surface area contributed by atoms with Crippen LogP contribution in [0.15, 0.2) is 18.2 Å². The molecule has 5 rings (SSSR count). The molecule has 0 saturated carbocycles. The predicted molar refractivity (Wildman–Crippen MR) is 121 cm³/mol. The van der Waals surface area contributed by atoms with Crippen LogP contribution < -0.4 is 10.1 Å². The molecule has 9 heteroatoms. The van der Waals surface area contributed by atoms with E-state index in [0.29, 0.717) is 37.5 Å². The van der Waals surface area contributed by atoms with E-state index in [-0.39, 0.29) is 36.1 Å². The zero-order valence-corrected chi connectivity index (χ0v) is 19.3. The molecular weight excluding hydrogens is 438 g/mol. The first-order valence-electron chi connectivity index (χ1n) is 12.3. The van der Waals surface area contributed by atoms with Gasteiger partial charge in [0.25, 0.3) is 5.91 Å². The van der Waals surface area contributed by atoms with Crippen molar-refractivity contribution in [3.63, 3.8) is 0 Å². The molecule has 182 valence electrons. The summed E-state index contributed by atoms with van der Waals surface area (Å²) in [5, 5.41) is 2.32. The topological polar surface area (TPSA) is 105 Å². The number of benzene rings is 1. The summed E-state index contributed by atoms with van der Waals surface area (Å²) in [5.41, 5.74) is 1.37. The number of ether oxygens (including phenoxy) is 2. The van der Waals surface area contributed by atoms with Crippen LogP contribution in [0.25, 0.3) is 0 Å². The molecule has 2 unspecified atom stereocenters. The molecule has 1 aromatic carbocycles. The van der Waals surface area contributed by atoms with Crippen LogP contribution in [0.1, 0.15) is 60.9 Å². The second-order valence-electron chi connectivity index (χ2n) is 9.63. The number of rotatable bonds is 5. The lowest BCUT2D eigenvalue weighted by molar-refractivity contribution is -0.144. The molecule has 3 atom stereocenters. The molecule has 9 nitrogen and oxygen atoms in total. The Morgan fingerprint density at radius 2 is 2.00 bits per heavy atom. The lowest BCUT2D eigenvalue weighted by Crippen LogP contribution is -2.52. The number of hydrogen-bond acceptors (Lipinski definition) is 6. The second-order valence-corrected chi connectivity index (χ2v) is 9.63. The molecule has 4 heterocycles. The molecule has 0 radical (unpaired) electrons. The average molecular weight is 470 g/mol. The van der Waals surface area contributed by atoms with Gasteiger partial charge in [-0.3, -0.25) is 24.5 Å². The SMILES string of the molecule is O=C1CCC(N2Cc3cc(OC[C@H]4CCCCN4C(=O)C4CCCOC4)ccc3C2=O)C(=O)N1. The number of nitrogens with zero attached hydrogens (tertiary/aromatic N) is 2. The summed E-state index contributed by atoms with van der Waals surface area (Å²) in [4.78, 5) is 53.2. The fourth-order valence-corrected chi connectivity index (χ4v) is 5.47. The van der Waals surface area contributed by atoms with E-state index in [1.165, 1.54) is 4.90 Å². The van der Waals surface area contributed by atoms with E-state index in [9.17, 15) is 19.2 Å². The number of carbonyl (C=O) groups excluding carboxylic acids is 4. The lowest BCUT2D eigenvalue weighted by atomic mass is 9.96. The first-order valence-corrected chi connectivity index (χ1v) is 12.3. The Balaban J connectivity index is 1.22. The van der Waals surface area contributed by atoms with Gasteiger partial charge in [-0.25, -0.2) is 0 Å². The van der Waals surface area contributed by atoms with Gasteiger partial charge >= 0.3 is 0 Å². The van der Waals surface area contributed by atoms with Crippen LogP contribution in [0.4, 0.5) is 0 Å². The van der Waals surface area contributed by atoms with Crippen LogP contribution in [0, 0.1) is 5.92 Å². The number of nitrogens with one attached hydrogen (secondary N) is 1. The molecule has 0 bridgehead atoms. The number of likely N-dealkylation sites (tertiary alicyclic amines) is 1. The van der Waals surface area contributed by atoms with E-state index >= 15 is 0 Å². The number of piperidine rings is 2. The Morgan fingerprint density at radius 1 is 1.12 bits per heavy atom. The molecule has 1 aromatic rings. The highest BCUT2D eigenvalue weighted by atomic mass is 16.5. The van der Waals surface area contributed by atoms with Crippen molar-refractivity contribution in [3.05, 3.63) is 29.3 Å². The highest BCUT2D eigenvalue weighted by Crippen LogP contribution is 2.31. The minimum atomic E-state index is -0.632. The Labute approximate surface area is 198 Å². The van der Waals surface area contributed by atoms with Crippen molar-refractivity contribution in [1.82, 2.24) is 15.1 Å². The maximum atomic E-state index is 13.1. The first kappa shape index (κ1) is 22.8. The summed E-state index contributed by atoms with van der Waals surface area (Å²) in [6.07, 6.45) is 5.36. The molecule has 1 N–H and O–H groups in total. The molecule has 4 aliphatic rings. The Bertz CT molecular complexity index is 989. The maximum Gasteiger partial charge on any atom is 0.255 e. The van der Waals surface area contributed by atoms with Crippen LogP contribution in [0.3, 0.4) is 0 Å². The van der Waals surface area contributed by atoms with Crippen LogP contribution in [-0.4, -0.2) is 71.9 Å². The summed E-state index contributed by atoms with van der Waals surface area (Å²) in [7, 11) is 0. The molecule has 0 spiro atoms. The number of hydrogen-bond donors (Lipinski definition) is 1. The van der Waals surface area contributed by atoms with E-state index in [2.05, 4.69) is 5.32 Å². The molecule has 3 fully saturated rings. The third-order valence-corrected chi connectivity index (χ3v) is 7.36. The fraction of sp³-hybridized carbons (Fsp3) is 0.600. The Morgan fingerprint density at radius 3 is 2.79 bits per heavy atom. The molecule has 34 heavy (non-hydrogen) atoms. The van der Waals surface area contributed by atoms with Gasteiger partial charge in [0.05, 0.1) is 18.6 Å². The van der Waals surface area contributed by atoms with Gasteiger partial charge in [-0.2, -0.15) is 0 Å². The van der Waals surface area contributed by atoms with Crippen LogP contribution in [0.2, 0.25) is 0 Å². The summed E-state index contributed by atoms with van der Waals surface area (Å²) >= 11 is 0. The van der Waals surface area contributed by atoms with Gasteiger partial charge in [-0.05, 0) is 62.3 Å². The number of carbonyl (C=O) groups is 4. The summed E-state index contributed by atoms with van der Waals surface area (Å²) in [5.74, 6) is -0.150. The van der Waals surface area contributed by atoms with Crippen molar-refractivity contribution >= 4 is 23.6 Å². The van der Waals surface area contributed by atoms with E-state index in [1.54, 1.807) is 12.1 Å². The van der Waals surface area contributed by atoms with E-state index in [0.717, 1.165) is 50.8 Å². The van der Waals surface area contributed by atoms with Crippen molar-refractivity contribution in [2.24, 2.45) is 5.92 Å². The lowest BCUT2D eigenvalue weighted by Gasteiger charge is -2.38. The smallest absolute Gasteiger partial charge is 0.255 e. The summed E-state index contributed by atoms with van der Waals surface area (Å²) in [6, 6.07) is 4.75. The van der Waals surface area contributed by atoms with Gasteiger partial charge in [-0.15, -0.1) is 0 Å². The Kier molecular flexibility index (Phi) is 6.54. The third-order valence-electron chi connectivity index (χ3n) is 7.36. The normalized spacial score (nSPS) is 27.4. The summed E-state index contributed by atoms with van der Waals surface area (Å²) < 4.78 is 11.6. The highest BCUT2D eigenvalue weighted by molar-refractivity contribution is 6.05. The molecule has 0 aromatic heterocycles. The van der Waals surface area contributed by atoms with Crippen LogP contribution in [-0.2, 0) is 25.7 Å². The monoisotopic (exact) mass is 469 g/mol. The van der Waals surface area contributed by atoms with Gasteiger partial charge in [0, 0.05) is 31.7 Å². The zero-order valence-electron chi connectivity index (χ0n) is 19.3. The molecule has 3 saturated heterocycles. The third kappa shape index (κ3) is 4.53. The van der Waals surface area contributed by atoms with Gasteiger partial charge in [0.15, 0.2) is 0 Å². The van der Waals surface area contributed by atoms with E-state index < -0.39 is 11.9 Å². The Hall–Kier alpha value is -2.94.